The van der Waals surface area contributed by atoms with E-state index in [2.05, 4.69) is 17.2 Å². The van der Waals surface area contributed by atoms with Crippen LogP contribution in [0.4, 0.5) is 4.39 Å². The molecule has 0 radical (unpaired) electrons. The molecule has 1 unspecified atom stereocenters. The number of aromatic nitrogens is 2. The van der Waals surface area contributed by atoms with Crippen molar-refractivity contribution in [2.24, 2.45) is 0 Å². The van der Waals surface area contributed by atoms with E-state index in [4.69, 9.17) is 9.47 Å². The molecule has 136 valence electrons. The van der Waals surface area contributed by atoms with E-state index >= 15 is 0 Å². The van der Waals surface area contributed by atoms with E-state index < -0.39 is 0 Å². The van der Waals surface area contributed by atoms with E-state index in [0.717, 1.165) is 34.9 Å². The molecule has 5 nitrogen and oxygen atoms in total. The van der Waals surface area contributed by atoms with Crippen LogP contribution >= 0.6 is 0 Å². The summed E-state index contributed by atoms with van der Waals surface area (Å²) >= 11 is 0. The Morgan fingerprint density at radius 3 is 2.81 bits per heavy atom. The topological polar surface area (TPSA) is 48.3 Å². The number of para-hydroxylation sites is 1. The second kappa shape index (κ2) is 6.96. The van der Waals surface area contributed by atoms with Gasteiger partial charge in [0, 0.05) is 12.6 Å². The van der Waals surface area contributed by atoms with Crippen LogP contribution in [0.15, 0.2) is 36.4 Å². The molecule has 6 heteroatoms. The highest BCUT2D eigenvalue weighted by atomic mass is 19.1. The Bertz CT molecular complexity index is 938. The van der Waals surface area contributed by atoms with Gasteiger partial charge in [0.15, 0.2) is 17.3 Å². The fourth-order valence-electron chi connectivity index (χ4n) is 3.34. The Kier molecular flexibility index (Phi) is 4.51. The van der Waals surface area contributed by atoms with E-state index in [1.165, 1.54) is 6.07 Å². The van der Waals surface area contributed by atoms with Crippen LogP contribution < -0.4 is 14.8 Å². The average Bonchev–Trinajstić information content (AvgIpc) is 3.04. The van der Waals surface area contributed by atoms with Crippen molar-refractivity contribution >= 4 is 11.0 Å². The molecule has 1 aliphatic heterocycles. The molecule has 1 N–H and O–H groups in total. The lowest BCUT2D eigenvalue weighted by Gasteiger charge is -2.21. The first-order valence-electron chi connectivity index (χ1n) is 8.94. The number of hydrogen-bond donors (Lipinski definition) is 1. The van der Waals surface area contributed by atoms with Gasteiger partial charge in [-0.05, 0) is 43.7 Å². The summed E-state index contributed by atoms with van der Waals surface area (Å²) in [5, 5.41) is 3.47. The predicted octanol–water partition coefficient (Wildman–Crippen LogP) is 3.82. The molecule has 1 aliphatic rings. The molecule has 26 heavy (non-hydrogen) atoms. The number of nitrogens with one attached hydrogen (secondary N) is 1. The number of nitrogens with zero attached hydrogens (tertiary/aromatic N) is 2. The Hall–Kier alpha value is -2.60. The van der Waals surface area contributed by atoms with Crippen molar-refractivity contribution in [2.75, 3.05) is 13.2 Å². The summed E-state index contributed by atoms with van der Waals surface area (Å²) in [7, 11) is 0. The van der Waals surface area contributed by atoms with Crippen molar-refractivity contribution in [3.05, 3.63) is 53.6 Å². The van der Waals surface area contributed by atoms with Gasteiger partial charge in [0.25, 0.3) is 0 Å². The number of fused-ring (bicyclic) bond motifs is 2. The second-order valence-electron chi connectivity index (χ2n) is 6.39. The molecule has 0 saturated heterocycles. The second-order valence-corrected chi connectivity index (χ2v) is 6.39. The van der Waals surface area contributed by atoms with Crippen LogP contribution in [0.5, 0.6) is 11.5 Å². The zero-order valence-corrected chi connectivity index (χ0v) is 15.0. The lowest BCUT2D eigenvalue weighted by Crippen LogP contribution is -2.21. The van der Waals surface area contributed by atoms with E-state index in [1.807, 2.05) is 35.8 Å². The molecule has 4 rings (SSSR count). The molecule has 0 fully saturated rings. The lowest BCUT2D eigenvalue weighted by molar-refractivity contribution is 0.171. The van der Waals surface area contributed by atoms with Gasteiger partial charge >= 0.3 is 0 Å². The summed E-state index contributed by atoms with van der Waals surface area (Å²) in [4.78, 5) is 4.50. The largest absolute Gasteiger partial charge is 0.486 e. The van der Waals surface area contributed by atoms with Crippen LogP contribution in [0.1, 0.15) is 31.3 Å². The fourth-order valence-corrected chi connectivity index (χ4v) is 3.34. The number of hydrogen-bond acceptors (Lipinski definition) is 4. The first-order chi connectivity index (χ1) is 12.7. The highest BCUT2D eigenvalue weighted by Crippen LogP contribution is 2.32. The third kappa shape index (κ3) is 3.01. The Labute approximate surface area is 151 Å². The van der Waals surface area contributed by atoms with Crippen molar-refractivity contribution in [2.45, 2.75) is 33.0 Å². The van der Waals surface area contributed by atoms with E-state index in [0.29, 0.717) is 25.3 Å². The first-order valence-corrected chi connectivity index (χ1v) is 8.94. The molecule has 0 aliphatic carbocycles. The predicted molar refractivity (Wildman–Crippen MR) is 98.1 cm³/mol. The standard InChI is InChI=1S/C20H22FN3O2/c1-3-24-16-6-4-5-15(21)20(16)23-19(24)12-22-13(2)14-7-8-17-18(11-14)26-10-9-25-17/h4-8,11,13,22H,3,9-10,12H2,1-2H3. The quantitative estimate of drug-likeness (QED) is 0.756. The summed E-state index contributed by atoms with van der Waals surface area (Å²) in [6.45, 7) is 6.59. The van der Waals surface area contributed by atoms with Crippen LogP contribution in [0, 0.1) is 5.82 Å². The number of imidazole rings is 1. The molecule has 0 spiro atoms. The fraction of sp³-hybridized carbons (Fsp3) is 0.350. The molecular formula is C20H22FN3O2. The van der Waals surface area contributed by atoms with Crippen molar-refractivity contribution in [1.82, 2.24) is 14.9 Å². The van der Waals surface area contributed by atoms with Crippen LogP contribution in [-0.4, -0.2) is 22.8 Å². The molecule has 3 aromatic rings. The Balaban J connectivity index is 1.53. The van der Waals surface area contributed by atoms with Gasteiger partial charge < -0.3 is 19.4 Å². The Morgan fingerprint density at radius 1 is 1.19 bits per heavy atom. The molecule has 0 amide bonds. The number of benzene rings is 2. The third-order valence-corrected chi connectivity index (χ3v) is 4.76. The van der Waals surface area contributed by atoms with Gasteiger partial charge in [-0.3, -0.25) is 0 Å². The maximum atomic E-state index is 14.0. The van der Waals surface area contributed by atoms with Crippen molar-refractivity contribution in [3.8, 4) is 11.5 Å². The van der Waals surface area contributed by atoms with E-state index in [-0.39, 0.29) is 11.9 Å². The van der Waals surface area contributed by atoms with Gasteiger partial charge in [0.05, 0.1) is 12.1 Å². The van der Waals surface area contributed by atoms with Gasteiger partial charge in [-0.1, -0.05) is 12.1 Å². The molecule has 1 atom stereocenters. The van der Waals surface area contributed by atoms with E-state index in [9.17, 15) is 4.39 Å². The average molecular weight is 355 g/mol. The van der Waals surface area contributed by atoms with Crippen LogP contribution in [0.25, 0.3) is 11.0 Å². The highest BCUT2D eigenvalue weighted by Gasteiger charge is 2.16. The minimum Gasteiger partial charge on any atom is -0.486 e. The van der Waals surface area contributed by atoms with Gasteiger partial charge in [-0.15, -0.1) is 0 Å². The van der Waals surface area contributed by atoms with Crippen LogP contribution in [0.3, 0.4) is 0 Å². The minimum absolute atomic E-state index is 0.0980. The van der Waals surface area contributed by atoms with Crippen LogP contribution in [-0.2, 0) is 13.1 Å². The highest BCUT2D eigenvalue weighted by molar-refractivity contribution is 5.76. The van der Waals surface area contributed by atoms with Gasteiger partial charge in [-0.25, -0.2) is 9.37 Å². The van der Waals surface area contributed by atoms with Crippen LogP contribution in [0.2, 0.25) is 0 Å². The molecule has 1 aromatic heterocycles. The number of halogens is 1. The maximum Gasteiger partial charge on any atom is 0.161 e. The molecular weight excluding hydrogens is 333 g/mol. The number of aryl methyl sites for hydroxylation is 1. The van der Waals surface area contributed by atoms with Crippen molar-refractivity contribution in [3.63, 3.8) is 0 Å². The zero-order valence-electron chi connectivity index (χ0n) is 15.0. The maximum absolute atomic E-state index is 14.0. The van der Waals surface area contributed by atoms with Gasteiger partial charge in [0.2, 0.25) is 0 Å². The summed E-state index contributed by atoms with van der Waals surface area (Å²) < 4.78 is 27.3. The summed E-state index contributed by atoms with van der Waals surface area (Å²) in [6, 6.07) is 11.2. The molecule has 2 heterocycles. The monoisotopic (exact) mass is 355 g/mol. The smallest absolute Gasteiger partial charge is 0.161 e. The normalized spacial score (nSPS) is 14.6. The van der Waals surface area contributed by atoms with Crippen molar-refractivity contribution in [1.29, 1.82) is 0 Å². The molecule has 0 saturated carbocycles. The number of rotatable bonds is 5. The Morgan fingerprint density at radius 2 is 2.00 bits per heavy atom. The van der Waals surface area contributed by atoms with Crippen molar-refractivity contribution < 1.29 is 13.9 Å². The minimum atomic E-state index is -0.282. The zero-order chi connectivity index (χ0) is 18.1. The molecule has 0 bridgehead atoms. The lowest BCUT2D eigenvalue weighted by atomic mass is 10.1. The third-order valence-electron chi connectivity index (χ3n) is 4.76. The summed E-state index contributed by atoms with van der Waals surface area (Å²) in [6.07, 6.45) is 0. The summed E-state index contributed by atoms with van der Waals surface area (Å²) in [5.41, 5.74) is 2.37. The SMILES string of the molecule is CCn1c(CNC(C)c2ccc3c(c2)OCCO3)nc2c(F)cccc21. The number of ether oxygens (including phenoxy) is 2. The van der Waals surface area contributed by atoms with Gasteiger partial charge in [-0.2, -0.15) is 0 Å². The van der Waals surface area contributed by atoms with Gasteiger partial charge in [0.1, 0.15) is 24.6 Å². The molecule has 2 aromatic carbocycles. The summed E-state index contributed by atoms with van der Waals surface area (Å²) in [5.74, 6) is 2.12. The van der Waals surface area contributed by atoms with E-state index in [1.54, 1.807) is 6.07 Å². The first kappa shape index (κ1) is 16.8.